The minimum Gasteiger partial charge on any atom is -0.478 e. The summed E-state index contributed by atoms with van der Waals surface area (Å²) in [6.45, 7) is 0. The van der Waals surface area contributed by atoms with Crippen molar-refractivity contribution in [2.24, 2.45) is 0 Å². The van der Waals surface area contributed by atoms with E-state index in [4.69, 9.17) is 0 Å². The van der Waals surface area contributed by atoms with E-state index >= 15 is 0 Å². The molecule has 1 N–H and O–H groups in total. The number of hydrogen-bond acceptors (Lipinski definition) is 2. The van der Waals surface area contributed by atoms with E-state index in [-0.39, 0.29) is 22.3 Å². The van der Waals surface area contributed by atoms with E-state index in [1.807, 2.05) is 0 Å². The monoisotopic (exact) mass is 411 g/mol. The highest BCUT2D eigenvalue weighted by atomic mass is 19.4. The Balaban J connectivity index is 1.80. The Morgan fingerprint density at radius 3 is 2.17 bits per heavy atom. The average molecular weight is 411 g/mol. The molecule has 7 heteroatoms. The second-order valence-corrected chi connectivity index (χ2v) is 6.68. The molecule has 3 aromatic carbocycles. The van der Waals surface area contributed by atoms with Gasteiger partial charge in [-0.2, -0.15) is 13.2 Å². The number of rotatable bonds is 3. The van der Waals surface area contributed by atoms with Crippen molar-refractivity contribution in [1.82, 2.24) is 4.98 Å². The summed E-state index contributed by atoms with van der Waals surface area (Å²) >= 11 is 0. The van der Waals surface area contributed by atoms with Crippen LogP contribution in [0.15, 0.2) is 72.8 Å². The zero-order chi connectivity index (χ0) is 21.5. The summed E-state index contributed by atoms with van der Waals surface area (Å²) in [5, 5.41) is 9.44. The van der Waals surface area contributed by atoms with Crippen molar-refractivity contribution >= 4 is 16.9 Å². The van der Waals surface area contributed by atoms with Crippen molar-refractivity contribution in [2.45, 2.75) is 6.18 Å². The molecule has 150 valence electrons. The molecule has 0 saturated carbocycles. The zero-order valence-corrected chi connectivity index (χ0v) is 15.2. The van der Waals surface area contributed by atoms with E-state index in [1.165, 1.54) is 18.2 Å². The molecule has 0 fully saturated rings. The number of halogens is 4. The van der Waals surface area contributed by atoms with Crippen molar-refractivity contribution in [1.29, 1.82) is 0 Å². The molecule has 1 heterocycles. The van der Waals surface area contributed by atoms with Gasteiger partial charge in [-0.1, -0.05) is 36.4 Å². The van der Waals surface area contributed by atoms with Crippen molar-refractivity contribution in [2.75, 3.05) is 0 Å². The first-order chi connectivity index (χ1) is 14.2. The molecule has 1 aromatic heterocycles. The molecule has 0 amide bonds. The Bertz CT molecular complexity index is 1260. The maximum Gasteiger partial charge on any atom is 0.416 e. The van der Waals surface area contributed by atoms with Gasteiger partial charge in [0.15, 0.2) is 0 Å². The first-order valence-electron chi connectivity index (χ1n) is 8.84. The zero-order valence-electron chi connectivity index (χ0n) is 15.2. The van der Waals surface area contributed by atoms with E-state index in [2.05, 4.69) is 4.98 Å². The van der Waals surface area contributed by atoms with Gasteiger partial charge in [-0.05, 0) is 47.5 Å². The topological polar surface area (TPSA) is 50.2 Å². The molecule has 0 unspecified atom stereocenters. The minimum absolute atomic E-state index is 0.0857. The summed E-state index contributed by atoms with van der Waals surface area (Å²) < 4.78 is 52.4. The molecule has 0 spiro atoms. The number of carbonyl (C=O) groups is 1. The molecule has 0 radical (unpaired) electrons. The minimum atomic E-state index is -4.59. The maximum atomic E-state index is 13.4. The van der Waals surface area contributed by atoms with Crippen LogP contribution < -0.4 is 0 Å². The van der Waals surface area contributed by atoms with Gasteiger partial charge < -0.3 is 5.11 Å². The van der Waals surface area contributed by atoms with Crippen molar-refractivity contribution in [3.63, 3.8) is 0 Å². The number of aromatic carboxylic acids is 1. The van der Waals surface area contributed by atoms with Crippen molar-refractivity contribution < 1.29 is 27.5 Å². The first kappa shape index (κ1) is 19.6. The predicted molar refractivity (Wildman–Crippen MR) is 105 cm³/mol. The average Bonchev–Trinajstić information content (AvgIpc) is 2.72. The number of carboxylic acids is 1. The van der Waals surface area contributed by atoms with Gasteiger partial charge in [-0.3, -0.25) is 0 Å². The van der Waals surface area contributed by atoms with Crippen LogP contribution in [0.4, 0.5) is 17.6 Å². The number of carboxylic acid groups (broad SMARTS) is 1. The van der Waals surface area contributed by atoms with Crippen LogP contribution in [0.2, 0.25) is 0 Å². The maximum absolute atomic E-state index is 13.4. The molecule has 0 saturated heterocycles. The highest BCUT2D eigenvalue weighted by molar-refractivity contribution is 6.04. The fourth-order valence-corrected chi connectivity index (χ4v) is 3.23. The van der Waals surface area contributed by atoms with Gasteiger partial charge in [0, 0.05) is 10.9 Å². The summed E-state index contributed by atoms with van der Waals surface area (Å²) in [7, 11) is 0. The molecule has 0 aliphatic carbocycles. The predicted octanol–water partition coefficient (Wildman–Crippen LogP) is 6.42. The number of benzene rings is 3. The van der Waals surface area contributed by atoms with Crippen LogP contribution in [0.25, 0.3) is 33.3 Å². The summed E-state index contributed by atoms with van der Waals surface area (Å²) in [4.78, 5) is 16.0. The first-order valence-corrected chi connectivity index (χ1v) is 8.84. The Labute approximate surface area is 168 Å². The number of pyridine rings is 1. The Hall–Kier alpha value is -3.74. The second kappa shape index (κ2) is 7.26. The lowest BCUT2D eigenvalue weighted by Crippen LogP contribution is -2.06. The number of aromatic nitrogens is 1. The molecular weight excluding hydrogens is 398 g/mol. The smallest absolute Gasteiger partial charge is 0.416 e. The number of hydrogen-bond donors (Lipinski definition) is 1. The normalized spacial score (nSPS) is 11.6. The number of fused-ring (bicyclic) bond motifs is 1. The molecular formula is C23H13F4NO2. The van der Waals surface area contributed by atoms with Gasteiger partial charge in [0.05, 0.1) is 22.3 Å². The molecule has 0 bridgehead atoms. The largest absolute Gasteiger partial charge is 0.478 e. The number of nitrogens with zero attached hydrogens (tertiary/aromatic N) is 1. The van der Waals surface area contributed by atoms with Crippen LogP contribution in [0.1, 0.15) is 15.9 Å². The van der Waals surface area contributed by atoms with Crippen LogP contribution in [-0.4, -0.2) is 16.1 Å². The van der Waals surface area contributed by atoms with Crippen LogP contribution in [-0.2, 0) is 6.18 Å². The quantitative estimate of drug-likeness (QED) is 0.396. The van der Waals surface area contributed by atoms with Crippen LogP contribution in [0.3, 0.4) is 0 Å². The highest BCUT2D eigenvalue weighted by Gasteiger charge is 2.31. The lowest BCUT2D eigenvalue weighted by molar-refractivity contribution is -0.137. The van der Waals surface area contributed by atoms with E-state index in [0.29, 0.717) is 16.8 Å². The lowest BCUT2D eigenvalue weighted by Gasteiger charge is -2.11. The molecule has 0 aliphatic heterocycles. The van der Waals surface area contributed by atoms with Crippen LogP contribution >= 0.6 is 0 Å². The summed E-state index contributed by atoms with van der Waals surface area (Å²) in [6.07, 6.45) is -4.59. The fraction of sp³-hybridized carbons (Fsp3) is 0.0435. The SMILES string of the molecule is O=C(O)c1cc(-c2ccc(-c3cccc(F)c3)cc2)nc2ccc(C(F)(F)F)cc12. The third kappa shape index (κ3) is 3.74. The van der Waals surface area contributed by atoms with Gasteiger partial charge in [0.2, 0.25) is 0 Å². The molecule has 4 aromatic rings. The molecule has 4 rings (SSSR count). The van der Waals surface area contributed by atoms with Crippen molar-refractivity contribution in [3.05, 3.63) is 89.7 Å². The third-order valence-electron chi connectivity index (χ3n) is 4.71. The van der Waals surface area contributed by atoms with Gasteiger partial charge in [0.1, 0.15) is 5.82 Å². The van der Waals surface area contributed by atoms with Gasteiger partial charge in [0.25, 0.3) is 0 Å². The highest BCUT2D eigenvalue weighted by Crippen LogP contribution is 2.33. The van der Waals surface area contributed by atoms with Gasteiger partial charge in [-0.15, -0.1) is 0 Å². The van der Waals surface area contributed by atoms with Crippen molar-refractivity contribution in [3.8, 4) is 22.4 Å². The number of alkyl halides is 3. The molecule has 3 nitrogen and oxygen atoms in total. The lowest BCUT2D eigenvalue weighted by atomic mass is 10.00. The third-order valence-corrected chi connectivity index (χ3v) is 4.71. The standard InChI is InChI=1S/C23H13F4NO2/c24-17-3-1-2-15(10-17)13-4-6-14(7-5-13)21-12-19(22(29)30)18-11-16(23(25,26)27)8-9-20(18)28-21/h1-12H,(H,29,30). The molecule has 30 heavy (non-hydrogen) atoms. The van der Waals surface area contributed by atoms with E-state index < -0.39 is 17.7 Å². The van der Waals surface area contributed by atoms with Gasteiger partial charge in [-0.25, -0.2) is 14.2 Å². The Morgan fingerprint density at radius 1 is 0.833 bits per heavy atom. The fourth-order valence-electron chi connectivity index (χ4n) is 3.23. The Morgan fingerprint density at radius 2 is 1.53 bits per heavy atom. The Kier molecular flexibility index (Phi) is 4.73. The summed E-state index contributed by atoms with van der Waals surface area (Å²) in [5.74, 6) is -1.71. The summed E-state index contributed by atoms with van der Waals surface area (Å²) in [6, 6.07) is 17.0. The van der Waals surface area contributed by atoms with Crippen LogP contribution in [0.5, 0.6) is 0 Å². The van der Waals surface area contributed by atoms with Gasteiger partial charge >= 0.3 is 12.1 Å². The molecule has 0 aliphatic rings. The second-order valence-electron chi connectivity index (χ2n) is 6.68. The molecule has 0 atom stereocenters. The van der Waals surface area contributed by atoms with E-state index in [9.17, 15) is 27.5 Å². The summed E-state index contributed by atoms with van der Waals surface area (Å²) in [5.41, 5.74) is 1.27. The van der Waals surface area contributed by atoms with E-state index in [0.717, 1.165) is 23.8 Å². The van der Waals surface area contributed by atoms with E-state index in [1.54, 1.807) is 36.4 Å². The van der Waals surface area contributed by atoms with Crippen LogP contribution in [0, 0.1) is 5.82 Å².